The van der Waals surface area contributed by atoms with E-state index in [2.05, 4.69) is 50.1 Å². The maximum atomic E-state index is 3.52. The van der Waals surface area contributed by atoms with Crippen LogP contribution in [0.3, 0.4) is 0 Å². The summed E-state index contributed by atoms with van der Waals surface area (Å²) in [4.78, 5) is 4.66. The summed E-state index contributed by atoms with van der Waals surface area (Å²) in [5.41, 5.74) is 0. The minimum atomic E-state index is 0.838. The maximum Gasteiger partial charge on any atom is 0.0104 e. The molecular formula is C14H33N3. The quantitative estimate of drug-likeness (QED) is 0.559. The van der Waals surface area contributed by atoms with E-state index in [-0.39, 0.29) is 0 Å². The lowest BCUT2D eigenvalue weighted by molar-refractivity contribution is 0.299. The third kappa shape index (κ3) is 13.8. The van der Waals surface area contributed by atoms with E-state index in [0.29, 0.717) is 0 Å². The van der Waals surface area contributed by atoms with Crippen LogP contribution in [0.25, 0.3) is 0 Å². The van der Waals surface area contributed by atoms with E-state index in [9.17, 15) is 0 Å². The summed E-state index contributed by atoms with van der Waals surface area (Å²) in [6.07, 6.45) is 3.91. The van der Waals surface area contributed by atoms with Crippen molar-refractivity contribution in [2.24, 2.45) is 5.92 Å². The molecule has 0 aromatic rings. The molecule has 3 heteroatoms. The molecule has 0 aromatic carbocycles. The minimum Gasteiger partial charge on any atom is -0.315 e. The Morgan fingerprint density at radius 3 is 2.18 bits per heavy atom. The van der Waals surface area contributed by atoms with E-state index in [1.54, 1.807) is 0 Å². The summed E-state index contributed by atoms with van der Waals surface area (Å²) in [7, 11) is 6.48. The molecule has 104 valence electrons. The molecule has 0 radical (unpaired) electrons. The topological polar surface area (TPSA) is 18.5 Å². The van der Waals surface area contributed by atoms with Crippen molar-refractivity contribution in [2.45, 2.75) is 33.1 Å². The molecule has 0 saturated heterocycles. The van der Waals surface area contributed by atoms with Gasteiger partial charge in [0.25, 0.3) is 0 Å². The van der Waals surface area contributed by atoms with Crippen LogP contribution in [0.1, 0.15) is 33.1 Å². The van der Waals surface area contributed by atoms with Gasteiger partial charge in [0, 0.05) is 13.1 Å². The van der Waals surface area contributed by atoms with Gasteiger partial charge in [-0.1, -0.05) is 13.8 Å². The Morgan fingerprint density at radius 1 is 0.882 bits per heavy atom. The Labute approximate surface area is 109 Å². The van der Waals surface area contributed by atoms with E-state index in [0.717, 1.165) is 19.0 Å². The largest absolute Gasteiger partial charge is 0.315 e. The highest BCUT2D eigenvalue weighted by molar-refractivity contribution is 4.57. The first-order valence-corrected chi connectivity index (χ1v) is 7.06. The van der Waals surface area contributed by atoms with Crippen LogP contribution < -0.4 is 5.32 Å². The van der Waals surface area contributed by atoms with Crippen molar-refractivity contribution in [2.75, 3.05) is 53.9 Å². The monoisotopic (exact) mass is 243 g/mol. The summed E-state index contributed by atoms with van der Waals surface area (Å²) in [5.74, 6) is 0.838. The number of hydrogen-bond acceptors (Lipinski definition) is 3. The predicted octanol–water partition coefficient (Wildman–Crippen LogP) is 1.90. The lowest BCUT2D eigenvalue weighted by Gasteiger charge is -2.18. The van der Waals surface area contributed by atoms with Gasteiger partial charge >= 0.3 is 0 Å². The van der Waals surface area contributed by atoms with E-state index >= 15 is 0 Å². The van der Waals surface area contributed by atoms with E-state index in [1.165, 1.54) is 38.9 Å². The molecule has 0 fully saturated rings. The van der Waals surface area contributed by atoms with Gasteiger partial charge in [0.2, 0.25) is 0 Å². The Hall–Kier alpha value is -0.120. The first-order valence-electron chi connectivity index (χ1n) is 7.06. The Balaban J connectivity index is 3.19. The van der Waals surface area contributed by atoms with Crippen molar-refractivity contribution in [1.82, 2.24) is 15.1 Å². The van der Waals surface area contributed by atoms with Crippen molar-refractivity contribution < 1.29 is 0 Å². The van der Waals surface area contributed by atoms with Gasteiger partial charge in [-0.25, -0.2) is 0 Å². The van der Waals surface area contributed by atoms with Gasteiger partial charge in [-0.3, -0.25) is 0 Å². The SMILES string of the molecule is CC(C)CCCNCCN(C)CCCN(C)C. The van der Waals surface area contributed by atoms with Gasteiger partial charge in [-0.05, 0) is 66.0 Å². The average molecular weight is 243 g/mol. The van der Waals surface area contributed by atoms with Gasteiger partial charge < -0.3 is 15.1 Å². The number of nitrogens with one attached hydrogen (secondary N) is 1. The summed E-state index contributed by atoms with van der Waals surface area (Å²) in [5, 5.41) is 3.52. The Morgan fingerprint density at radius 2 is 1.59 bits per heavy atom. The second-order valence-corrected chi connectivity index (χ2v) is 5.75. The predicted molar refractivity (Wildman–Crippen MR) is 77.6 cm³/mol. The van der Waals surface area contributed by atoms with Crippen molar-refractivity contribution >= 4 is 0 Å². The van der Waals surface area contributed by atoms with Crippen molar-refractivity contribution in [1.29, 1.82) is 0 Å². The van der Waals surface area contributed by atoms with Crippen LogP contribution in [-0.2, 0) is 0 Å². The zero-order chi connectivity index (χ0) is 13.1. The molecule has 0 aromatic heterocycles. The second-order valence-electron chi connectivity index (χ2n) is 5.75. The lowest BCUT2D eigenvalue weighted by atomic mass is 10.1. The van der Waals surface area contributed by atoms with Crippen molar-refractivity contribution in [3.63, 3.8) is 0 Å². The number of likely N-dealkylation sites (N-methyl/N-ethyl adjacent to an activating group) is 1. The Bertz CT molecular complexity index is 158. The van der Waals surface area contributed by atoms with Crippen molar-refractivity contribution in [3.8, 4) is 0 Å². The lowest BCUT2D eigenvalue weighted by Crippen LogP contribution is -2.31. The Kier molecular flexibility index (Phi) is 10.9. The summed E-state index contributed by atoms with van der Waals surface area (Å²) >= 11 is 0. The third-order valence-corrected chi connectivity index (χ3v) is 2.95. The molecule has 17 heavy (non-hydrogen) atoms. The summed E-state index contributed by atoms with van der Waals surface area (Å²) < 4.78 is 0. The van der Waals surface area contributed by atoms with Gasteiger partial charge in [-0.2, -0.15) is 0 Å². The summed E-state index contributed by atoms with van der Waals surface area (Å²) in [6.45, 7) is 10.4. The third-order valence-electron chi connectivity index (χ3n) is 2.95. The van der Waals surface area contributed by atoms with E-state index < -0.39 is 0 Å². The molecule has 0 atom stereocenters. The van der Waals surface area contributed by atoms with Crippen LogP contribution in [0.4, 0.5) is 0 Å². The summed E-state index contributed by atoms with van der Waals surface area (Å²) in [6, 6.07) is 0. The standard InChI is InChI=1S/C14H33N3/c1-14(2)8-6-9-15-10-13-17(5)12-7-11-16(3)4/h14-15H,6-13H2,1-5H3. The van der Waals surface area contributed by atoms with E-state index in [4.69, 9.17) is 0 Å². The van der Waals surface area contributed by atoms with Gasteiger partial charge in [-0.15, -0.1) is 0 Å². The number of rotatable bonds is 11. The van der Waals surface area contributed by atoms with Crippen LogP contribution >= 0.6 is 0 Å². The molecule has 0 saturated carbocycles. The number of hydrogen-bond donors (Lipinski definition) is 1. The second kappa shape index (κ2) is 11.0. The molecule has 1 N–H and O–H groups in total. The van der Waals surface area contributed by atoms with Crippen LogP contribution in [0, 0.1) is 5.92 Å². The smallest absolute Gasteiger partial charge is 0.0104 e. The maximum absolute atomic E-state index is 3.52. The fraction of sp³-hybridized carbons (Fsp3) is 1.00. The molecule has 0 bridgehead atoms. The molecule has 3 nitrogen and oxygen atoms in total. The molecule has 0 aliphatic carbocycles. The molecule has 0 aliphatic heterocycles. The van der Waals surface area contributed by atoms with E-state index in [1.807, 2.05) is 0 Å². The minimum absolute atomic E-state index is 0.838. The normalized spacial score (nSPS) is 12.0. The molecule has 0 aliphatic rings. The average Bonchev–Trinajstić information content (AvgIpc) is 2.22. The molecule has 0 amide bonds. The van der Waals surface area contributed by atoms with Gasteiger partial charge in [0.15, 0.2) is 0 Å². The molecule has 0 unspecified atom stereocenters. The first-order chi connectivity index (χ1) is 8.02. The van der Waals surface area contributed by atoms with Crippen molar-refractivity contribution in [3.05, 3.63) is 0 Å². The fourth-order valence-electron chi connectivity index (χ4n) is 1.80. The van der Waals surface area contributed by atoms with Crippen LogP contribution in [0.5, 0.6) is 0 Å². The fourth-order valence-corrected chi connectivity index (χ4v) is 1.80. The highest BCUT2D eigenvalue weighted by atomic mass is 15.1. The zero-order valence-corrected chi connectivity index (χ0v) is 12.6. The number of nitrogens with zero attached hydrogens (tertiary/aromatic N) is 2. The van der Waals surface area contributed by atoms with Crippen LogP contribution in [-0.4, -0.2) is 63.7 Å². The molecular weight excluding hydrogens is 210 g/mol. The zero-order valence-electron chi connectivity index (χ0n) is 12.6. The molecule has 0 spiro atoms. The van der Waals surface area contributed by atoms with Crippen LogP contribution in [0.15, 0.2) is 0 Å². The first kappa shape index (κ1) is 16.9. The van der Waals surface area contributed by atoms with Gasteiger partial charge in [0.05, 0.1) is 0 Å². The highest BCUT2D eigenvalue weighted by Gasteiger charge is 1.98. The molecule has 0 rings (SSSR count). The highest BCUT2D eigenvalue weighted by Crippen LogP contribution is 2.01. The van der Waals surface area contributed by atoms with Crippen LogP contribution in [0.2, 0.25) is 0 Å². The molecule has 0 heterocycles. The van der Waals surface area contributed by atoms with Gasteiger partial charge in [0.1, 0.15) is 0 Å².